The van der Waals surface area contributed by atoms with E-state index in [2.05, 4.69) is 10.6 Å². The van der Waals surface area contributed by atoms with E-state index in [-0.39, 0.29) is 26.4 Å². The quantitative estimate of drug-likeness (QED) is 0.124. The Kier molecular flexibility index (Phi) is 18.8. The number of benzene rings is 1. The largest absolute Gasteiger partial charge is 0.464 e. The summed E-state index contributed by atoms with van der Waals surface area (Å²) in [5, 5.41) is 4.86. The third-order valence-electron chi connectivity index (χ3n) is 7.57. The van der Waals surface area contributed by atoms with Crippen LogP contribution in [0.3, 0.4) is 0 Å². The van der Waals surface area contributed by atoms with Crippen LogP contribution in [-0.2, 0) is 44.6 Å². The molecule has 47 heavy (non-hydrogen) atoms. The Bertz CT molecular complexity index is 1050. The average Bonchev–Trinajstić information content (AvgIpc) is 3.03. The van der Waals surface area contributed by atoms with Gasteiger partial charge < -0.3 is 39.1 Å². The standard InChI is InChI=1S/C34H54F2N2O9/c1-6-10-18-42-23-27-29(44-19-11-7-2)30(45-20-12-8-3)28(37-24(5)39)31(47-27)34(35,36)21-26(32(40)43-9-4)38-33(41)46-22-25-16-14-13-15-17-25/h13-17,26-31H,6-12,18-23H2,1-5H3,(H,37,39)(H,38,41)/t26-,27+,28+,29-,30+,31-/m0/s1. The lowest BCUT2D eigenvalue weighted by Crippen LogP contribution is -2.69. The van der Waals surface area contributed by atoms with Crippen LogP contribution in [0.2, 0.25) is 0 Å². The molecule has 0 spiro atoms. The zero-order chi connectivity index (χ0) is 34.7. The molecule has 2 amide bonds. The number of alkyl halides is 2. The minimum Gasteiger partial charge on any atom is -0.464 e. The number of carbonyl (C=O) groups excluding carboxylic acids is 3. The maximum absolute atomic E-state index is 16.6. The molecule has 1 aromatic carbocycles. The van der Waals surface area contributed by atoms with Gasteiger partial charge in [-0.15, -0.1) is 0 Å². The van der Waals surface area contributed by atoms with Crippen molar-refractivity contribution in [2.45, 2.75) is 129 Å². The van der Waals surface area contributed by atoms with Gasteiger partial charge in [-0.25, -0.2) is 18.4 Å². The normalized spacial score (nSPS) is 21.9. The van der Waals surface area contributed by atoms with E-state index >= 15 is 8.78 Å². The molecule has 0 saturated carbocycles. The molecule has 1 fully saturated rings. The molecule has 1 saturated heterocycles. The number of amides is 2. The summed E-state index contributed by atoms with van der Waals surface area (Å²) >= 11 is 0. The van der Waals surface area contributed by atoms with E-state index in [1.807, 2.05) is 20.8 Å². The van der Waals surface area contributed by atoms with E-state index in [9.17, 15) is 14.4 Å². The molecule has 1 aromatic rings. The topological polar surface area (TPSA) is 131 Å². The number of unbranched alkanes of at least 4 members (excludes halogenated alkanes) is 3. The van der Waals surface area contributed by atoms with Crippen molar-refractivity contribution in [3.63, 3.8) is 0 Å². The van der Waals surface area contributed by atoms with Gasteiger partial charge in [0.25, 0.3) is 5.92 Å². The molecular weight excluding hydrogens is 618 g/mol. The number of halogens is 2. The average molecular weight is 673 g/mol. The van der Waals surface area contributed by atoms with E-state index in [1.165, 1.54) is 13.8 Å². The molecule has 0 bridgehead atoms. The maximum atomic E-state index is 16.6. The summed E-state index contributed by atoms with van der Waals surface area (Å²) in [6.45, 7) is 9.42. The Morgan fingerprint density at radius 1 is 0.894 bits per heavy atom. The first kappa shape index (κ1) is 40.3. The fraction of sp³-hybridized carbons (Fsp3) is 0.735. The first-order valence-corrected chi connectivity index (χ1v) is 16.8. The number of nitrogens with one attached hydrogen (secondary N) is 2. The summed E-state index contributed by atoms with van der Waals surface area (Å²) in [5.41, 5.74) is 0.673. The molecule has 1 aliphatic heterocycles. The van der Waals surface area contributed by atoms with E-state index in [4.69, 9.17) is 28.4 Å². The fourth-order valence-electron chi connectivity index (χ4n) is 5.13. The van der Waals surface area contributed by atoms with Gasteiger partial charge in [0, 0.05) is 33.2 Å². The minimum atomic E-state index is -3.79. The van der Waals surface area contributed by atoms with Crippen molar-refractivity contribution in [3.8, 4) is 0 Å². The molecule has 1 aliphatic rings. The molecule has 1 heterocycles. The molecule has 13 heteroatoms. The van der Waals surface area contributed by atoms with Crippen molar-refractivity contribution in [3.05, 3.63) is 35.9 Å². The highest BCUT2D eigenvalue weighted by Gasteiger charge is 2.58. The summed E-state index contributed by atoms with van der Waals surface area (Å²) < 4.78 is 67.7. The van der Waals surface area contributed by atoms with Crippen LogP contribution < -0.4 is 10.6 Å². The van der Waals surface area contributed by atoms with Gasteiger partial charge in [-0.1, -0.05) is 70.4 Å². The predicted molar refractivity (Wildman–Crippen MR) is 171 cm³/mol. The molecule has 2 N–H and O–H groups in total. The molecule has 6 atom stereocenters. The van der Waals surface area contributed by atoms with Crippen molar-refractivity contribution >= 4 is 18.0 Å². The molecule has 268 valence electrons. The van der Waals surface area contributed by atoms with E-state index in [1.54, 1.807) is 30.3 Å². The van der Waals surface area contributed by atoms with Gasteiger partial charge in [0.15, 0.2) is 0 Å². The Labute approximate surface area is 277 Å². The van der Waals surface area contributed by atoms with Crippen molar-refractivity contribution in [2.75, 3.05) is 33.0 Å². The SMILES string of the molecule is CCCCOC[C@H]1O[C@H](C(F)(F)C[C@H](NC(=O)OCc2ccccc2)C(=O)OCC)[C@H](NC(C)=O)[C@@H](OCCCC)[C@H]1OCCCC. The van der Waals surface area contributed by atoms with Crippen molar-refractivity contribution in [2.24, 2.45) is 0 Å². The minimum absolute atomic E-state index is 0.0465. The number of carbonyl (C=O) groups is 3. The summed E-state index contributed by atoms with van der Waals surface area (Å²) in [6, 6.07) is 5.63. The van der Waals surface area contributed by atoms with Gasteiger partial charge in [-0.2, -0.15) is 0 Å². The van der Waals surface area contributed by atoms with E-state index < -0.39 is 66.8 Å². The smallest absolute Gasteiger partial charge is 0.408 e. The number of alkyl carbamates (subject to hydrolysis) is 1. The third-order valence-corrected chi connectivity index (χ3v) is 7.57. The second-order valence-electron chi connectivity index (χ2n) is 11.6. The van der Waals surface area contributed by atoms with Crippen molar-refractivity contribution in [1.29, 1.82) is 0 Å². The fourth-order valence-corrected chi connectivity index (χ4v) is 5.13. The van der Waals surface area contributed by atoms with Gasteiger partial charge in [-0.05, 0) is 31.7 Å². The first-order chi connectivity index (χ1) is 22.6. The molecule has 0 aromatic heterocycles. The molecule has 0 radical (unpaired) electrons. The predicted octanol–water partition coefficient (Wildman–Crippen LogP) is 5.33. The summed E-state index contributed by atoms with van der Waals surface area (Å²) in [4.78, 5) is 38.0. The van der Waals surface area contributed by atoms with Crippen LogP contribution >= 0.6 is 0 Å². The highest BCUT2D eigenvalue weighted by Crippen LogP contribution is 2.38. The van der Waals surface area contributed by atoms with Crippen molar-refractivity contribution in [1.82, 2.24) is 10.6 Å². The summed E-state index contributed by atoms with van der Waals surface area (Å²) in [7, 11) is 0. The zero-order valence-corrected chi connectivity index (χ0v) is 28.5. The maximum Gasteiger partial charge on any atom is 0.408 e. The van der Waals surface area contributed by atoms with E-state index in [0.717, 1.165) is 32.1 Å². The van der Waals surface area contributed by atoms with Crippen LogP contribution in [0.1, 0.15) is 85.1 Å². The number of hydrogen-bond acceptors (Lipinski definition) is 9. The monoisotopic (exact) mass is 672 g/mol. The number of ether oxygens (including phenoxy) is 6. The Morgan fingerprint density at radius 2 is 1.51 bits per heavy atom. The molecule has 0 aliphatic carbocycles. The number of rotatable bonds is 22. The van der Waals surface area contributed by atoms with Gasteiger partial charge in [0.05, 0.1) is 19.3 Å². The van der Waals surface area contributed by atoms with Gasteiger partial charge in [0.1, 0.15) is 37.1 Å². The molecule has 0 unspecified atom stereocenters. The Hall–Kier alpha value is -2.87. The van der Waals surface area contributed by atoms with Gasteiger partial charge >= 0.3 is 12.1 Å². The first-order valence-electron chi connectivity index (χ1n) is 16.8. The van der Waals surface area contributed by atoms with Crippen LogP contribution in [-0.4, -0.2) is 93.4 Å². The highest BCUT2D eigenvalue weighted by atomic mass is 19.3. The molecule has 2 rings (SSSR count). The van der Waals surface area contributed by atoms with Crippen LogP contribution in [0, 0.1) is 0 Å². The lowest BCUT2D eigenvalue weighted by molar-refractivity contribution is -0.271. The Morgan fingerprint density at radius 3 is 2.11 bits per heavy atom. The van der Waals surface area contributed by atoms with Crippen molar-refractivity contribution < 1.29 is 51.6 Å². The zero-order valence-electron chi connectivity index (χ0n) is 28.5. The highest BCUT2D eigenvalue weighted by molar-refractivity contribution is 5.81. The van der Waals surface area contributed by atoms with E-state index in [0.29, 0.717) is 25.2 Å². The second kappa shape index (κ2) is 21.9. The molecular formula is C34H54F2N2O9. The lowest BCUT2D eigenvalue weighted by atomic mass is 9.87. The molecule has 11 nitrogen and oxygen atoms in total. The Balaban J connectivity index is 2.42. The summed E-state index contributed by atoms with van der Waals surface area (Å²) in [6.07, 6.45) is -2.37. The summed E-state index contributed by atoms with van der Waals surface area (Å²) in [5.74, 6) is -5.43. The van der Waals surface area contributed by atoms with Crippen LogP contribution in [0.4, 0.5) is 13.6 Å². The third kappa shape index (κ3) is 14.0. The van der Waals surface area contributed by atoms with Crippen LogP contribution in [0.5, 0.6) is 0 Å². The second-order valence-corrected chi connectivity index (χ2v) is 11.6. The number of esters is 1. The van der Waals surface area contributed by atoms with Gasteiger partial charge in [-0.3, -0.25) is 4.79 Å². The van der Waals surface area contributed by atoms with Crippen LogP contribution in [0.15, 0.2) is 30.3 Å². The van der Waals surface area contributed by atoms with Crippen LogP contribution in [0.25, 0.3) is 0 Å². The van der Waals surface area contributed by atoms with Gasteiger partial charge in [0.2, 0.25) is 5.91 Å². The number of hydrogen-bond donors (Lipinski definition) is 2. The lowest BCUT2D eigenvalue weighted by Gasteiger charge is -2.48.